The molecular formula is C17H23N7O2. The lowest BCUT2D eigenvalue weighted by Crippen LogP contribution is -2.37. The van der Waals surface area contributed by atoms with Crippen LogP contribution in [0.4, 0.5) is 5.82 Å². The lowest BCUT2D eigenvalue weighted by Gasteiger charge is -2.25. The van der Waals surface area contributed by atoms with Gasteiger partial charge in [0.1, 0.15) is 29.3 Å². The average Bonchev–Trinajstić information content (AvgIpc) is 3.26. The summed E-state index contributed by atoms with van der Waals surface area (Å²) < 4.78 is 12.7. The molecule has 0 spiro atoms. The first-order valence-corrected chi connectivity index (χ1v) is 8.88. The molecule has 9 heteroatoms. The molecule has 138 valence electrons. The van der Waals surface area contributed by atoms with E-state index in [-0.39, 0.29) is 6.04 Å². The first-order valence-electron chi connectivity index (χ1n) is 8.88. The summed E-state index contributed by atoms with van der Waals surface area (Å²) in [7, 11) is 0. The Hall–Kier alpha value is -2.52. The highest BCUT2D eigenvalue weighted by molar-refractivity contribution is 5.97. The Morgan fingerprint density at radius 1 is 1.23 bits per heavy atom. The number of aromatic nitrogens is 5. The molecule has 1 aliphatic rings. The second-order valence-corrected chi connectivity index (χ2v) is 6.73. The fraction of sp³-hybridized carbons (Fsp3) is 0.529. The molecule has 1 fully saturated rings. The normalized spacial score (nSPS) is 16.0. The third kappa shape index (κ3) is 3.15. The zero-order valence-corrected chi connectivity index (χ0v) is 15.1. The molecule has 0 atom stereocenters. The lowest BCUT2D eigenvalue weighted by atomic mass is 10.2. The van der Waals surface area contributed by atoms with Gasteiger partial charge in [0.2, 0.25) is 0 Å². The van der Waals surface area contributed by atoms with E-state index >= 15 is 0 Å². The maximum absolute atomic E-state index is 6.09. The molecule has 0 aliphatic carbocycles. The molecule has 4 heterocycles. The SMILES string of the molecule is CC(C)n1nc(-c2cc(CCN3CCOCC3)on2)c2c(N)ncnc21. The Labute approximate surface area is 151 Å². The number of nitrogens with two attached hydrogens (primary N) is 1. The smallest absolute Gasteiger partial charge is 0.164 e. The van der Waals surface area contributed by atoms with Gasteiger partial charge in [-0.2, -0.15) is 5.10 Å². The molecule has 3 aromatic rings. The molecule has 26 heavy (non-hydrogen) atoms. The predicted molar refractivity (Wildman–Crippen MR) is 96.6 cm³/mol. The van der Waals surface area contributed by atoms with Gasteiger partial charge in [-0.25, -0.2) is 14.6 Å². The standard InChI is InChI=1S/C17H23N7O2/c1-11(2)24-17-14(16(18)19-10-20-17)15(21-24)13-9-12(26-22-13)3-4-23-5-7-25-8-6-23/h9-11H,3-8H2,1-2H3,(H2,18,19,20). The van der Waals surface area contributed by atoms with Crippen molar-refractivity contribution in [3.8, 4) is 11.4 Å². The fourth-order valence-corrected chi connectivity index (χ4v) is 3.17. The number of hydrogen-bond acceptors (Lipinski definition) is 8. The first-order chi connectivity index (χ1) is 12.6. The van der Waals surface area contributed by atoms with Crippen LogP contribution in [0.5, 0.6) is 0 Å². The van der Waals surface area contributed by atoms with E-state index in [1.165, 1.54) is 6.33 Å². The molecule has 2 N–H and O–H groups in total. The molecule has 3 aromatic heterocycles. The van der Waals surface area contributed by atoms with Gasteiger partial charge in [0.05, 0.1) is 18.6 Å². The highest BCUT2D eigenvalue weighted by atomic mass is 16.5. The van der Waals surface area contributed by atoms with Crippen LogP contribution >= 0.6 is 0 Å². The van der Waals surface area contributed by atoms with E-state index in [0.717, 1.165) is 45.0 Å². The van der Waals surface area contributed by atoms with Crippen molar-refractivity contribution in [2.45, 2.75) is 26.3 Å². The summed E-state index contributed by atoms with van der Waals surface area (Å²) in [6.45, 7) is 8.51. The van der Waals surface area contributed by atoms with Crippen LogP contribution in [0.1, 0.15) is 25.6 Å². The molecule has 0 bridgehead atoms. The number of nitrogen functional groups attached to an aromatic ring is 1. The molecular weight excluding hydrogens is 334 g/mol. The Morgan fingerprint density at radius 3 is 2.81 bits per heavy atom. The van der Waals surface area contributed by atoms with E-state index in [2.05, 4.69) is 25.1 Å². The number of anilines is 1. The van der Waals surface area contributed by atoms with Crippen molar-refractivity contribution in [1.29, 1.82) is 0 Å². The van der Waals surface area contributed by atoms with E-state index < -0.39 is 0 Å². The average molecular weight is 357 g/mol. The summed E-state index contributed by atoms with van der Waals surface area (Å²) in [5, 5.41) is 9.59. The molecule has 9 nitrogen and oxygen atoms in total. The van der Waals surface area contributed by atoms with Crippen molar-refractivity contribution in [2.75, 3.05) is 38.6 Å². The summed E-state index contributed by atoms with van der Waals surface area (Å²) in [4.78, 5) is 10.8. The molecule has 0 unspecified atom stereocenters. The zero-order valence-electron chi connectivity index (χ0n) is 15.1. The summed E-state index contributed by atoms with van der Waals surface area (Å²) in [5.74, 6) is 1.23. The van der Waals surface area contributed by atoms with Crippen LogP contribution < -0.4 is 5.73 Å². The largest absolute Gasteiger partial charge is 0.383 e. The van der Waals surface area contributed by atoms with E-state index in [0.29, 0.717) is 28.2 Å². The molecule has 0 aromatic carbocycles. The summed E-state index contributed by atoms with van der Waals surface area (Å²) in [6.07, 6.45) is 2.25. The van der Waals surface area contributed by atoms with Crippen LogP contribution in [-0.4, -0.2) is 62.7 Å². The maximum atomic E-state index is 6.09. The quantitative estimate of drug-likeness (QED) is 0.732. The number of fused-ring (bicyclic) bond motifs is 1. The molecule has 1 saturated heterocycles. The highest BCUT2D eigenvalue weighted by Gasteiger charge is 2.21. The third-order valence-electron chi connectivity index (χ3n) is 4.59. The highest BCUT2D eigenvalue weighted by Crippen LogP contribution is 2.31. The summed E-state index contributed by atoms with van der Waals surface area (Å²) >= 11 is 0. The maximum Gasteiger partial charge on any atom is 0.164 e. The van der Waals surface area contributed by atoms with E-state index in [4.69, 9.17) is 15.0 Å². The summed E-state index contributed by atoms with van der Waals surface area (Å²) in [5.41, 5.74) is 8.12. The molecule has 4 rings (SSSR count). The number of ether oxygens (including phenoxy) is 1. The van der Waals surface area contributed by atoms with Gasteiger partial charge in [-0.05, 0) is 13.8 Å². The van der Waals surface area contributed by atoms with Gasteiger partial charge in [0.15, 0.2) is 5.65 Å². The van der Waals surface area contributed by atoms with Crippen LogP contribution in [-0.2, 0) is 11.2 Å². The lowest BCUT2D eigenvalue weighted by molar-refractivity contribution is 0.0377. The Morgan fingerprint density at radius 2 is 2.04 bits per heavy atom. The van der Waals surface area contributed by atoms with Crippen molar-refractivity contribution >= 4 is 16.9 Å². The van der Waals surface area contributed by atoms with Crippen LogP contribution in [0.25, 0.3) is 22.4 Å². The van der Waals surface area contributed by atoms with Crippen LogP contribution in [0.3, 0.4) is 0 Å². The Balaban J connectivity index is 1.61. The molecule has 1 aliphatic heterocycles. The fourth-order valence-electron chi connectivity index (χ4n) is 3.17. The number of rotatable bonds is 5. The Bertz CT molecular complexity index is 896. The second-order valence-electron chi connectivity index (χ2n) is 6.73. The number of nitrogens with zero attached hydrogens (tertiary/aromatic N) is 6. The zero-order chi connectivity index (χ0) is 18.1. The van der Waals surface area contributed by atoms with Gasteiger partial charge in [-0.1, -0.05) is 5.16 Å². The van der Waals surface area contributed by atoms with Gasteiger partial charge in [-0.15, -0.1) is 0 Å². The van der Waals surface area contributed by atoms with Crippen molar-refractivity contribution in [3.63, 3.8) is 0 Å². The van der Waals surface area contributed by atoms with Crippen LogP contribution in [0.2, 0.25) is 0 Å². The van der Waals surface area contributed by atoms with E-state index in [1.807, 2.05) is 24.6 Å². The van der Waals surface area contributed by atoms with Crippen LogP contribution in [0.15, 0.2) is 16.9 Å². The van der Waals surface area contributed by atoms with E-state index in [1.54, 1.807) is 0 Å². The van der Waals surface area contributed by atoms with Gasteiger partial charge in [0.25, 0.3) is 0 Å². The van der Waals surface area contributed by atoms with Gasteiger partial charge in [0, 0.05) is 38.2 Å². The van der Waals surface area contributed by atoms with Gasteiger partial charge < -0.3 is 15.0 Å². The van der Waals surface area contributed by atoms with Crippen molar-refractivity contribution in [1.82, 2.24) is 29.8 Å². The third-order valence-corrected chi connectivity index (χ3v) is 4.59. The molecule has 0 amide bonds. The Kier molecular flexibility index (Phi) is 4.56. The number of hydrogen-bond donors (Lipinski definition) is 1. The number of morpholine rings is 1. The van der Waals surface area contributed by atoms with Crippen molar-refractivity contribution < 1.29 is 9.26 Å². The minimum absolute atomic E-state index is 0.147. The predicted octanol–water partition coefficient (Wildman–Crippen LogP) is 1.52. The molecule has 0 saturated carbocycles. The van der Waals surface area contributed by atoms with E-state index in [9.17, 15) is 0 Å². The minimum Gasteiger partial charge on any atom is -0.383 e. The first kappa shape index (κ1) is 16.9. The minimum atomic E-state index is 0.147. The monoisotopic (exact) mass is 357 g/mol. The van der Waals surface area contributed by atoms with Gasteiger partial charge >= 0.3 is 0 Å². The van der Waals surface area contributed by atoms with Gasteiger partial charge in [-0.3, -0.25) is 4.90 Å². The molecule has 0 radical (unpaired) electrons. The second kappa shape index (κ2) is 7.00. The topological polar surface area (TPSA) is 108 Å². The summed E-state index contributed by atoms with van der Waals surface area (Å²) in [6, 6.07) is 2.08. The van der Waals surface area contributed by atoms with Crippen molar-refractivity contribution in [2.24, 2.45) is 0 Å². The van der Waals surface area contributed by atoms with Crippen molar-refractivity contribution in [3.05, 3.63) is 18.2 Å². The van der Waals surface area contributed by atoms with Crippen LogP contribution in [0, 0.1) is 0 Å².